The third kappa shape index (κ3) is 3.49. The van der Waals surface area contributed by atoms with Gasteiger partial charge in [-0.2, -0.15) is 5.10 Å². The van der Waals surface area contributed by atoms with Crippen molar-refractivity contribution in [2.75, 3.05) is 5.32 Å². The monoisotopic (exact) mass is 297 g/mol. The molecule has 0 fully saturated rings. The quantitative estimate of drug-likeness (QED) is 0.911. The number of hydrogen-bond donors (Lipinski definition) is 2. The summed E-state index contributed by atoms with van der Waals surface area (Å²) in [5, 5.41) is 10.6. The third-order valence-electron chi connectivity index (χ3n) is 2.76. The highest BCUT2D eigenvalue weighted by atomic mass is 35.5. The van der Waals surface area contributed by atoms with Crippen LogP contribution in [-0.4, -0.2) is 16.1 Å². The van der Waals surface area contributed by atoms with E-state index in [4.69, 9.17) is 23.2 Å². The van der Waals surface area contributed by atoms with Crippen LogP contribution in [0.3, 0.4) is 0 Å². The van der Waals surface area contributed by atoms with E-state index in [1.807, 2.05) is 13.8 Å². The molecule has 0 unspecified atom stereocenters. The fourth-order valence-electron chi connectivity index (χ4n) is 1.83. The third-order valence-corrected chi connectivity index (χ3v) is 3.20. The van der Waals surface area contributed by atoms with Crippen molar-refractivity contribution in [2.24, 2.45) is 0 Å². The van der Waals surface area contributed by atoms with Gasteiger partial charge in [0.15, 0.2) is 0 Å². The Morgan fingerprint density at radius 1 is 1.26 bits per heavy atom. The molecule has 0 saturated heterocycles. The number of halogens is 2. The van der Waals surface area contributed by atoms with Crippen LogP contribution in [0.25, 0.3) is 0 Å². The van der Waals surface area contributed by atoms with Crippen molar-refractivity contribution in [3.05, 3.63) is 45.2 Å². The Kier molecular flexibility index (Phi) is 4.12. The zero-order valence-corrected chi connectivity index (χ0v) is 12.1. The Hall–Kier alpha value is -1.52. The summed E-state index contributed by atoms with van der Waals surface area (Å²) in [6.45, 7) is 3.75. The molecule has 1 heterocycles. The van der Waals surface area contributed by atoms with E-state index in [1.165, 1.54) is 0 Å². The molecule has 1 aromatic heterocycles. The lowest BCUT2D eigenvalue weighted by Crippen LogP contribution is -2.15. The second-order valence-electron chi connectivity index (χ2n) is 4.30. The van der Waals surface area contributed by atoms with Crippen LogP contribution in [0.2, 0.25) is 10.0 Å². The molecule has 19 heavy (non-hydrogen) atoms. The number of carbonyl (C=O) groups excluding carboxylic acids is 1. The molecule has 6 heteroatoms. The smallest absolute Gasteiger partial charge is 0.228 e. The average Bonchev–Trinajstić information content (AvgIpc) is 2.59. The van der Waals surface area contributed by atoms with Gasteiger partial charge in [-0.25, -0.2) is 0 Å². The maximum atomic E-state index is 12.0. The van der Waals surface area contributed by atoms with Gasteiger partial charge in [0, 0.05) is 27.0 Å². The first-order valence-corrected chi connectivity index (χ1v) is 6.47. The average molecular weight is 298 g/mol. The van der Waals surface area contributed by atoms with Crippen LogP contribution >= 0.6 is 23.2 Å². The van der Waals surface area contributed by atoms with Crippen LogP contribution in [0.15, 0.2) is 18.2 Å². The van der Waals surface area contributed by atoms with Gasteiger partial charge < -0.3 is 5.32 Å². The number of amides is 1. The standard InChI is InChI=1S/C13H13Cl2N3O/c1-7-12(8(2)18-17-7)6-13(19)16-11-4-9(14)3-10(15)5-11/h3-5H,6H2,1-2H3,(H,16,19)(H,17,18). The summed E-state index contributed by atoms with van der Waals surface area (Å²) < 4.78 is 0. The summed E-state index contributed by atoms with van der Waals surface area (Å²) in [6, 6.07) is 4.92. The molecule has 2 rings (SSSR count). The SMILES string of the molecule is Cc1n[nH]c(C)c1CC(=O)Nc1cc(Cl)cc(Cl)c1. The number of anilines is 1. The van der Waals surface area contributed by atoms with Gasteiger partial charge in [-0.05, 0) is 32.0 Å². The summed E-state index contributed by atoms with van der Waals surface area (Å²) in [7, 11) is 0. The summed E-state index contributed by atoms with van der Waals surface area (Å²) >= 11 is 11.8. The minimum atomic E-state index is -0.133. The van der Waals surface area contributed by atoms with E-state index in [0.29, 0.717) is 15.7 Å². The summed E-state index contributed by atoms with van der Waals surface area (Å²) in [5.74, 6) is -0.133. The second kappa shape index (κ2) is 5.63. The highest BCUT2D eigenvalue weighted by molar-refractivity contribution is 6.35. The molecule has 100 valence electrons. The molecule has 1 aromatic carbocycles. The number of aryl methyl sites for hydroxylation is 2. The Morgan fingerprint density at radius 2 is 1.89 bits per heavy atom. The van der Waals surface area contributed by atoms with Crippen molar-refractivity contribution in [1.29, 1.82) is 0 Å². The highest BCUT2D eigenvalue weighted by Gasteiger charge is 2.12. The Balaban J connectivity index is 2.09. The predicted octanol–water partition coefficient (Wildman–Crippen LogP) is 3.51. The van der Waals surface area contributed by atoms with Gasteiger partial charge in [-0.15, -0.1) is 0 Å². The summed E-state index contributed by atoms with van der Waals surface area (Å²) in [6.07, 6.45) is 0.262. The fraction of sp³-hybridized carbons (Fsp3) is 0.231. The van der Waals surface area contributed by atoms with E-state index in [-0.39, 0.29) is 12.3 Å². The van der Waals surface area contributed by atoms with Crippen molar-refractivity contribution >= 4 is 34.8 Å². The van der Waals surface area contributed by atoms with Gasteiger partial charge in [0.1, 0.15) is 0 Å². The first-order valence-electron chi connectivity index (χ1n) is 5.72. The van der Waals surface area contributed by atoms with E-state index in [2.05, 4.69) is 15.5 Å². The van der Waals surface area contributed by atoms with Crippen LogP contribution in [-0.2, 0) is 11.2 Å². The number of nitrogens with zero attached hydrogens (tertiary/aromatic N) is 1. The lowest BCUT2D eigenvalue weighted by molar-refractivity contribution is -0.115. The Morgan fingerprint density at radius 3 is 2.42 bits per heavy atom. The number of H-pyrrole nitrogens is 1. The number of carbonyl (C=O) groups is 1. The number of benzene rings is 1. The molecule has 0 bridgehead atoms. The lowest BCUT2D eigenvalue weighted by atomic mass is 10.1. The van der Waals surface area contributed by atoms with Gasteiger partial charge in [0.2, 0.25) is 5.91 Å². The molecule has 0 aliphatic heterocycles. The first kappa shape index (κ1) is 13.9. The first-order chi connectivity index (χ1) is 8.95. The van der Waals surface area contributed by atoms with E-state index in [9.17, 15) is 4.79 Å². The highest BCUT2D eigenvalue weighted by Crippen LogP contribution is 2.22. The van der Waals surface area contributed by atoms with E-state index < -0.39 is 0 Å². The maximum absolute atomic E-state index is 12.0. The van der Waals surface area contributed by atoms with Crippen LogP contribution in [0.1, 0.15) is 17.0 Å². The van der Waals surface area contributed by atoms with Crippen molar-refractivity contribution in [3.63, 3.8) is 0 Å². The number of aromatic amines is 1. The van der Waals surface area contributed by atoms with Crippen LogP contribution in [0, 0.1) is 13.8 Å². The van der Waals surface area contributed by atoms with Gasteiger partial charge >= 0.3 is 0 Å². The predicted molar refractivity (Wildman–Crippen MR) is 76.9 cm³/mol. The molecule has 0 saturated carbocycles. The van der Waals surface area contributed by atoms with Crippen LogP contribution in [0.5, 0.6) is 0 Å². The van der Waals surface area contributed by atoms with Crippen molar-refractivity contribution in [1.82, 2.24) is 10.2 Å². The zero-order valence-electron chi connectivity index (χ0n) is 10.6. The molecule has 0 radical (unpaired) electrons. The van der Waals surface area contributed by atoms with Gasteiger partial charge in [-0.1, -0.05) is 23.2 Å². The number of aromatic nitrogens is 2. The fourth-order valence-corrected chi connectivity index (χ4v) is 2.35. The van der Waals surface area contributed by atoms with Gasteiger partial charge in [0.05, 0.1) is 12.1 Å². The topological polar surface area (TPSA) is 57.8 Å². The van der Waals surface area contributed by atoms with Crippen LogP contribution < -0.4 is 5.32 Å². The Bertz CT molecular complexity index is 583. The molecule has 2 aromatic rings. The number of hydrogen-bond acceptors (Lipinski definition) is 2. The lowest BCUT2D eigenvalue weighted by Gasteiger charge is -2.06. The minimum absolute atomic E-state index is 0.133. The van der Waals surface area contributed by atoms with E-state index >= 15 is 0 Å². The summed E-state index contributed by atoms with van der Waals surface area (Å²) in [4.78, 5) is 12.0. The molecule has 4 nitrogen and oxygen atoms in total. The normalized spacial score (nSPS) is 10.5. The van der Waals surface area contributed by atoms with Gasteiger partial charge in [-0.3, -0.25) is 9.89 Å². The second-order valence-corrected chi connectivity index (χ2v) is 5.17. The number of nitrogens with one attached hydrogen (secondary N) is 2. The molecule has 2 N–H and O–H groups in total. The Labute approximate surface area is 121 Å². The van der Waals surface area contributed by atoms with E-state index in [0.717, 1.165) is 17.0 Å². The zero-order chi connectivity index (χ0) is 14.0. The minimum Gasteiger partial charge on any atom is -0.326 e. The molecular weight excluding hydrogens is 285 g/mol. The van der Waals surface area contributed by atoms with Crippen molar-refractivity contribution in [2.45, 2.75) is 20.3 Å². The van der Waals surface area contributed by atoms with E-state index in [1.54, 1.807) is 18.2 Å². The largest absolute Gasteiger partial charge is 0.326 e. The van der Waals surface area contributed by atoms with Crippen molar-refractivity contribution < 1.29 is 4.79 Å². The number of rotatable bonds is 3. The molecule has 0 spiro atoms. The van der Waals surface area contributed by atoms with Gasteiger partial charge in [0.25, 0.3) is 0 Å². The molecular formula is C13H13Cl2N3O. The maximum Gasteiger partial charge on any atom is 0.228 e. The molecule has 0 atom stereocenters. The molecule has 0 aliphatic rings. The van der Waals surface area contributed by atoms with Crippen molar-refractivity contribution in [3.8, 4) is 0 Å². The summed E-state index contributed by atoms with van der Waals surface area (Å²) in [5.41, 5.74) is 3.22. The molecule has 1 amide bonds. The molecule has 0 aliphatic carbocycles. The van der Waals surface area contributed by atoms with Crippen LogP contribution in [0.4, 0.5) is 5.69 Å².